The Morgan fingerprint density at radius 1 is 1.53 bits per heavy atom. The van der Waals surface area contributed by atoms with Crippen LogP contribution in [-0.2, 0) is 9.53 Å². The fourth-order valence-electron chi connectivity index (χ4n) is 1.29. The van der Waals surface area contributed by atoms with E-state index in [0.29, 0.717) is 5.75 Å². The minimum atomic E-state index is -1.10. The fraction of sp³-hybridized carbons (Fsp3) is 0.417. The molecule has 0 amide bonds. The first-order valence-corrected chi connectivity index (χ1v) is 5.28. The molecule has 1 aromatic carbocycles. The van der Waals surface area contributed by atoms with Crippen molar-refractivity contribution >= 4 is 5.97 Å². The first-order chi connectivity index (χ1) is 8.04. The van der Waals surface area contributed by atoms with Gasteiger partial charge in [0.15, 0.2) is 6.10 Å². The third kappa shape index (κ3) is 4.03. The molecule has 4 nitrogen and oxygen atoms in total. The summed E-state index contributed by atoms with van der Waals surface area (Å²) in [4.78, 5) is 10.8. The van der Waals surface area contributed by atoms with Crippen LogP contribution in [0.25, 0.3) is 0 Å². The highest BCUT2D eigenvalue weighted by molar-refractivity contribution is 5.72. The van der Waals surface area contributed by atoms with Crippen molar-refractivity contribution in [1.29, 1.82) is 0 Å². The van der Waals surface area contributed by atoms with Gasteiger partial charge in [-0.15, -0.1) is 0 Å². The lowest BCUT2D eigenvalue weighted by Gasteiger charge is -2.14. The summed E-state index contributed by atoms with van der Waals surface area (Å²) in [5.74, 6) is -1.19. The number of hydrogen-bond donors (Lipinski definition) is 1. The second-order valence-electron chi connectivity index (χ2n) is 3.50. The Kier molecular flexibility index (Phi) is 4.90. The molecule has 0 aliphatic heterocycles. The van der Waals surface area contributed by atoms with Crippen LogP contribution >= 0.6 is 0 Å². The van der Waals surface area contributed by atoms with Gasteiger partial charge in [0.25, 0.3) is 0 Å². The summed E-state index contributed by atoms with van der Waals surface area (Å²) in [6, 6.07) is 4.11. The standard InChI is InChI=1S/C12H15FO4/c1-3-16-11(12(14)15)7-17-10-6-9(13)5-4-8(10)2/h4-6,11H,3,7H2,1-2H3,(H,14,15). The smallest absolute Gasteiger partial charge is 0.336 e. The first kappa shape index (κ1) is 13.4. The Balaban J connectivity index is 2.64. The maximum absolute atomic E-state index is 13.0. The maximum atomic E-state index is 13.0. The third-order valence-electron chi connectivity index (χ3n) is 2.18. The zero-order chi connectivity index (χ0) is 12.8. The topological polar surface area (TPSA) is 55.8 Å². The molecular formula is C12H15FO4. The maximum Gasteiger partial charge on any atom is 0.336 e. The number of rotatable bonds is 6. The highest BCUT2D eigenvalue weighted by atomic mass is 19.1. The van der Waals surface area contributed by atoms with Gasteiger partial charge < -0.3 is 14.6 Å². The molecular weight excluding hydrogens is 227 g/mol. The molecule has 1 rings (SSSR count). The Morgan fingerprint density at radius 2 is 2.24 bits per heavy atom. The van der Waals surface area contributed by atoms with E-state index in [1.54, 1.807) is 19.9 Å². The van der Waals surface area contributed by atoms with Gasteiger partial charge >= 0.3 is 5.97 Å². The highest BCUT2D eigenvalue weighted by Gasteiger charge is 2.18. The van der Waals surface area contributed by atoms with Crippen LogP contribution in [0, 0.1) is 12.7 Å². The van der Waals surface area contributed by atoms with Crippen LogP contribution in [0.3, 0.4) is 0 Å². The number of hydrogen-bond acceptors (Lipinski definition) is 3. The van der Waals surface area contributed by atoms with E-state index in [-0.39, 0.29) is 13.2 Å². The quantitative estimate of drug-likeness (QED) is 0.829. The molecule has 1 aromatic rings. The average molecular weight is 242 g/mol. The predicted octanol–water partition coefficient (Wildman–Crippen LogP) is 2.00. The van der Waals surface area contributed by atoms with Crippen molar-refractivity contribution in [3.63, 3.8) is 0 Å². The van der Waals surface area contributed by atoms with Crippen LogP contribution in [-0.4, -0.2) is 30.4 Å². The van der Waals surface area contributed by atoms with Crippen molar-refractivity contribution in [1.82, 2.24) is 0 Å². The van der Waals surface area contributed by atoms with E-state index in [1.807, 2.05) is 0 Å². The Hall–Kier alpha value is -1.62. The van der Waals surface area contributed by atoms with Gasteiger partial charge in [0.2, 0.25) is 0 Å². The number of halogens is 1. The average Bonchev–Trinajstić information content (AvgIpc) is 2.28. The summed E-state index contributed by atoms with van der Waals surface area (Å²) in [6.45, 7) is 3.59. The van der Waals surface area contributed by atoms with Gasteiger partial charge in [0, 0.05) is 12.7 Å². The van der Waals surface area contributed by atoms with E-state index in [9.17, 15) is 9.18 Å². The van der Waals surface area contributed by atoms with Crippen LogP contribution < -0.4 is 4.74 Å². The van der Waals surface area contributed by atoms with Crippen LogP contribution in [0.4, 0.5) is 4.39 Å². The molecule has 1 atom stereocenters. The minimum Gasteiger partial charge on any atom is -0.490 e. The fourth-order valence-corrected chi connectivity index (χ4v) is 1.29. The summed E-state index contributed by atoms with van der Waals surface area (Å²) in [7, 11) is 0. The Labute approximate surface area is 99.0 Å². The lowest BCUT2D eigenvalue weighted by atomic mass is 10.2. The van der Waals surface area contributed by atoms with Crippen molar-refractivity contribution < 1.29 is 23.8 Å². The molecule has 0 bridgehead atoms. The number of ether oxygens (including phenoxy) is 2. The zero-order valence-corrected chi connectivity index (χ0v) is 9.77. The van der Waals surface area contributed by atoms with Crippen LogP contribution in [0.15, 0.2) is 18.2 Å². The lowest BCUT2D eigenvalue weighted by Crippen LogP contribution is -2.30. The summed E-state index contributed by atoms with van der Waals surface area (Å²) >= 11 is 0. The van der Waals surface area contributed by atoms with E-state index in [4.69, 9.17) is 14.6 Å². The molecule has 1 unspecified atom stereocenters. The second kappa shape index (κ2) is 6.20. The lowest BCUT2D eigenvalue weighted by molar-refractivity contribution is -0.152. The predicted molar refractivity (Wildman–Crippen MR) is 59.7 cm³/mol. The van der Waals surface area contributed by atoms with Gasteiger partial charge in [-0.05, 0) is 25.5 Å². The van der Waals surface area contributed by atoms with Gasteiger partial charge in [-0.2, -0.15) is 0 Å². The molecule has 0 fully saturated rings. The van der Waals surface area contributed by atoms with E-state index < -0.39 is 17.9 Å². The van der Waals surface area contributed by atoms with E-state index in [2.05, 4.69) is 0 Å². The summed E-state index contributed by atoms with van der Waals surface area (Å²) < 4.78 is 23.2. The largest absolute Gasteiger partial charge is 0.490 e. The summed E-state index contributed by atoms with van der Waals surface area (Å²) in [5, 5.41) is 8.83. The SMILES string of the molecule is CCOC(COc1cc(F)ccc1C)C(=O)O. The Bertz CT molecular complexity index is 392. The van der Waals surface area contributed by atoms with Gasteiger partial charge in [-0.1, -0.05) is 6.07 Å². The van der Waals surface area contributed by atoms with E-state index in [1.165, 1.54) is 12.1 Å². The van der Waals surface area contributed by atoms with Gasteiger partial charge in [-0.3, -0.25) is 0 Å². The van der Waals surface area contributed by atoms with Gasteiger partial charge in [0.05, 0.1) is 0 Å². The number of carboxylic acid groups (broad SMARTS) is 1. The third-order valence-corrected chi connectivity index (χ3v) is 2.18. The monoisotopic (exact) mass is 242 g/mol. The molecule has 0 aliphatic carbocycles. The number of aryl methyl sites for hydroxylation is 1. The van der Waals surface area contributed by atoms with Gasteiger partial charge in [0.1, 0.15) is 18.2 Å². The van der Waals surface area contributed by atoms with Crippen LogP contribution in [0.1, 0.15) is 12.5 Å². The molecule has 1 N–H and O–H groups in total. The Morgan fingerprint density at radius 3 is 2.82 bits per heavy atom. The molecule has 17 heavy (non-hydrogen) atoms. The van der Waals surface area contributed by atoms with E-state index >= 15 is 0 Å². The summed E-state index contributed by atoms with van der Waals surface area (Å²) in [5.41, 5.74) is 0.743. The molecule has 0 saturated carbocycles. The number of carboxylic acids is 1. The molecule has 0 aromatic heterocycles. The minimum absolute atomic E-state index is 0.145. The zero-order valence-electron chi connectivity index (χ0n) is 9.77. The summed E-state index contributed by atoms with van der Waals surface area (Å²) in [6.07, 6.45) is -1.04. The molecule has 0 aliphatic rings. The van der Waals surface area contributed by atoms with Crippen LogP contribution in [0.2, 0.25) is 0 Å². The normalized spacial score (nSPS) is 12.2. The van der Waals surface area contributed by atoms with Crippen molar-refractivity contribution in [2.45, 2.75) is 20.0 Å². The van der Waals surface area contributed by atoms with Crippen molar-refractivity contribution in [2.75, 3.05) is 13.2 Å². The number of carbonyl (C=O) groups is 1. The van der Waals surface area contributed by atoms with Crippen molar-refractivity contribution in [2.24, 2.45) is 0 Å². The molecule has 0 radical (unpaired) electrons. The first-order valence-electron chi connectivity index (χ1n) is 5.28. The number of benzene rings is 1. The van der Waals surface area contributed by atoms with Gasteiger partial charge in [-0.25, -0.2) is 9.18 Å². The molecule has 0 saturated heterocycles. The molecule has 0 heterocycles. The molecule has 94 valence electrons. The van der Waals surface area contributed by atoms with E-state index in [0.717, 1.165) is 5.56 Å². The number of aliphatic carboxylic acids is 1. The van der Waals surface area contributed by atoms with Crippen molar-refractivity contribution in [3.05, 3.63) is 29.6 Å². The highest BCUT2D eigenvalue weighted by Crippen LogP contribution is 2.19. The van der Waals surface area contributed by atoms with Crippen molar-refractivity contribution in [3.8, 4) is 5.75 Å². The van der Waals surface area contributed by atoms with Crippen LogP contribution in [0.5, 0.6) is 5.75 Å². The second-order valence-corrected chi connectivity index (χ2v) is 3.50. The molecule has 0 spiro atoms. The molecule has 5 heteroatoms.